The lowest BCUT2D eigenvalue weighted by molar-refractivity contribution is -0.131. The molecule has 184 valence electrons. The molecule has 3 amide bonds. The Hall–Kier alpha value is -3.53. The maximum Gasteiger partial charge on any atom is 0.246 e. The summed E-state index contributed by atoms with van der Waals surface area (Å²) in [5, 5.41) is 9.43. The standard InChI is InChI=1S/C25H27FN4O5/c1-13-11-16(29-34-13)27-20(31)17-18-22(33)30(15-8-6-7-14(26)12-15)19(21(32)28-23(2,3)4)25(18)10-9-24(17,5)35-25/h6-12,17-19H,1-5H3,(H,28,32)(H,27,29,31)/t17-,18+,19+,24-,25+/m0/s1. The Morgan fingerprint density at radius 1 is 1.17 bits per heavy atom. The highest BCUT2D eigenvalue weighted by Gasteiger charge is 2.76. The van der Waals surface area contributed by atoms with Gasteiger partial charge in [-0.15, -0.1) is 0 Å². The SMILES string of the molecule is Cc1cc(NC(=O)[C@@H]2[C@@H]3C(=O)N(c4cccc(F)c4)[C@H](C(=O)NC(C)(C)C)[C@@]34C=C[C@]2(C)O4)no1. The van der Waals surface area contributed by atoms with Gasteiger partial charge in [0.15, 0.2) is 5.82 Å². The fourth-order valence-electron chi connectivity index (χ4n) is 5.51. The summed E-state index contributed by atoms with van der Waals surface area (Å²) in [6.45, 7) is 8.88. The number of halogens is 1. The Morgan fingerprint density at radius 2 is 1.91 bits per heavy atom. The maximum absolute atomic E-state index is 14.2. The molecule has 1 aromatic heterocycles. The predicted octanol–water partition coefficient (Wildman–Crippen LogP) is 2.72. The Labute approximate surface area is 201 Å². The maximum atomic E-state index is 14.2. The number of nitrogens with one attached hydrogen (secondary N) is 2. The Morgan fingerprint density at radius 3 is 2.54 bits per heavy atom. The molecule has 0 radical (unpaired) electrons. The molecular formula is C25H27FN4O5. The normalized spacial score (nSPS) is 31.1. The molecule has 2 aromatic rings. The van der Waals surface area contributed by atoms with E-state index in [0.29, 0.717) is 5.76 Å². The highest BCUT2D eigenvalue weighted by atomic mass is 19.1. The van der Waals surface area contributed by atoms with E-state index < -0.39 is 58.2 Å². The summed E-state index contributed by atoms with van der Waals surface area (Å²) in [7, 11) is 0. The number of amides is 3. The van der Waals surface area contributed by atoms with Gasteiger partial charge in [0.25, 0.3) is 0 Å². The Kier molecular flexibility index (Phi) is 4.96. The topological polar surface area (TPSA) is 114 Å². The van der Waals surface area contributed by atoms with Crippen molar-refractivity contribution in [3.8, 4) is 0 Å². The molecule has 10 heteroatoms. The van der Waals surface area contributed by atoms with Gasteiger partial charge in [-0.3, -0.25) is 19.3 Å². The fourth-order valence-corrected chi connectivity index (χ4v) is 5.51. The van der Waals surface area contributed by atoms with Gasteiger partial charge < -0.3 is 19.9 Å². The summed E-state index contributed by atoms with van der Waals surface area (Å²) < 4.78 is 25.6. The lowest BCUT2D eigenvalue weighted by Crippen LogP contribution is -2.58. The molecule has 5 atom stereocenters. The van der Waals surface area contributed by atoms with Crippen molar-refractivity contribution in [2.45, 2.75) is 57.4 Å². The van der Waals surface area contributed by atoms with E-state index in [1.165, 1.54) is 23.1 Å². The molecule has 2 fully saturated rings. The molecule has 5 rings (SSSR count). The molecule has 1 aromatic carbocycles. The van der Waals surface area contributed by atoms with Gasteiger partial charge in [0.2, 0.25) is 17.7 Å². The van der Waals surface area contributed by atoms with Crippen molar-refractivity contribution in [3.05, 3.63) is 54.1 Å². The third-order valence-electron chi connectivity index (χ3n) is 6.69. The van der Waals surface area contributed by atoms with E-state index in [1.54, 1.807) is 38.1 Å². The second-order valence-corrected chi connectivity index (χ2v) is 10.6. The van der Waals surface area contributed by atoms with Crippen LogP contribution >= 0.6 is 0 Å². The number of aryl methyl sites for hydroxylation is 1. The molecule has 4 heterocycles. The van der Waals surface area contributed by atoms with E-state index in [1.807, 2.05) is 20.8 Å². The fraction of sp³-hybridized carbons (Fsp3) is 0.440. The number of hydrogen-bond donors (Lipinski definition) is 2. The second kappa shape index (κ2) is 7.48. The summed E-state index contributed by atoms with van der Waals surface area (Å²) in [4.78, 5) is 42.3. The van der Waals surface area contributed by atoms with Gasteiger partial charge in [-0.25, -0.2) is 4.39 Å². The minimum absolute atomic E-state index is 0.213. The minimum atomic E-state index is -1.41. The molecule has 2 N–H and O–H groups in total. The molecular weight excluding hydrogens is 455 g/mol. The van der Waals surface area contributed by atoms with Crippen molar-refractivity contribution >= 4 is 29.2 Å². The monoisotopic (exact) mass is 482 g/mol. The number of nitrogens with zero attached hydrogens (tertiary/aromatic N) is 2. The highest BCUT2D eigenvalue weighted by Crippen LogP contribution is 2.60. The summed E-state index contributed by atoms with van der Waals surface area (Å²) in [5.41, 5.74) is -2.93. The summed E-state index contributed by atoms with van der Waals surface area (Å²) >= 11 is 0. The molecule has 0 aliphatic carbocycles. The number of fused-ring (bicyclic) bond motifs is 1. The summed E-state index contributed by atoms with van der Waals surface area (Å²) in [6.07, 6.45) is 3.42. The molecule has 1 spiro atoms. The van der Waals surface area contributed by atoms with Gasteiger partial charge in [0.05, 0.1) is 17.4 Å². The average Bonchev–Trinajstić information content (AvgIpc) is 3.44. The number of carbonyl (C=O) groups excluding carboxylic acids is 3. The van der Waals surface area contributed by atoms with Crippen LogP contribution in [-0.4, -0.2) is 45.7 Å². The van der Waals surface area contributed by atoms with Gasteiger partial charge in [-0.05, 0) is 52.8 Å². The zero-order chi connectivity index (χ0) is 25.3. The van der Waals surface area contributed by atoms with Gasteiger partial charge in [0, 0.05) is 17.3 Å². The number of ether oxygens (including phenoxy) is 1. The van der Waals surface area contributed by atoms with Crippen LogP contribution in [0.25, 0.3) is 0 Å². The first-order valence-corrected chi connectivity index (χ1v) is 11.4. The molecule has 0 unspecified atom stereocenters. The largest absolute Gasteiger partial charge is 0.360 e. The van der Waals surface area contributed by atoms with E-state index in [-0.39, 0.29) is 11.5 Å². The molecule has 9 nitrogen and oxygen atoms in total. The van der Waals surface area contributed by atoms with Crippen LogP contribution in [-0.2, 0) is 19.1 Å². The summed E-state index contributed by atoms with van der Waals surface area (Å²) in [5.74, 6) is -3.23. The highest BCUT2D eigenvalue weighted by molar-refractivity contribution is 6.11. The van der Waals surface area contributed by atoms with Crippen molar-refractivity contribution in [1.29, 1.82) is 0 Å². The van der Waals surface area contributed by atoms with Crippen LogP contribution in [0.4, 0.5) is 15.9 Å². The van der Waals surface area contributed by atoms with Crippen molar-refractivity contribution in [1.82, 2.24) is 10.5 Å². The van der Waals surface area contributed by atoms with Gasteiger partial charge in [-0.2, -0.15) is 0 Å². The van der Waals surface area contributed by atoms with Gasteiger partial charge >= 0.3 is 0 Å². The first-order chi connectivity index (χ1) is 16.3. The van der Waals surface area contributed by atoms with Crippen LogP contribution in [0.2, 0.25) is 0 Å². The Balaban J connectivity index is 1.60. The van der Waals surface area contributed by atoms with E-state index in [9.17, 15) is 18.8 Å². The zero-order valence-corrected chi connectivity index (χ0v) is 20.1. The van der Waals surface area contributed by atoms with Crippen molar-refractivity contribution in [2.75, 3.05) is 10.2 Å². The van der Waals surface area contributed by atoms with Crippen molar-refractivity contribution < 1.29 is 28.0 Å². The second-order valence-electron chi connectivity index (χ2n) is 10.6. The number of benzene rings is 1. The van der Waals surface area contributed by atoms with Gasteiger partial charge in [0.1, 0.15) is 23.2 Å². The van der Waals surface area contributed by atoms with Crippen LogP contribution in [0, 0.1) is 24.6 Å². The molecule has 2 bridgehead atoms. The van der Waals surface area contributed by atoms with Crippen molar-refractivity contribution in [3.63, 3.8) is 0 Å². The zero-order valence-electron chi connectivity index (χ0n) is 20.1. The van der Waals surface area contributed by atoms with E-state index >= 15 is 0 Å². The smallest absolute Gasteiger partial charge is 0.246 e. The number of aromatic nitrogens is 1. The van der Waals surface area contributed by atoms with Crippen molar-refractivity contribution in [2.24, 2.45) is 11.8 Å². The van der Waals surface area contributed by atoms with Crippen LogP contribution in [0.3, 0.4) is 0 Å². The minimum Gasteiger partial charge on any atom is -0.360 e. The van der Waals surface area contributed by atoms with E-state index in [2.05, 4.69) is 15.8 Å². The van der Waals surface area contributed by atoms with Gasteiger partial charge in [-0.1, -0.05) is 23.4 Å². The third kappa shape index (κ3) is 3.54. The van der Waals surface area contributed by atoms with Crippen LogP contribution in [0.15, 0.2) is 47.0 Å². The first-order valence-electron chi connectivity index (χ1n) is 11.4. The molecule has 2 saturated heterocycles. The Bertz CT molecular complexity index is 1270. The van der Waals surface area contributed by atoms with E-state index in [4.69, 9.17) is 9.26 Å². The molecule has 3 aliphatic heterocycles. The lowest BCUT2D eigenvalue weighted by atomic mass is 9.70. The van der Waals surface area contributed by atoms with Crippen LogP contribution in [0.1, 0.15) is 33.5 Å². The quantitative estimate of drug-likeness (QED) is 0.648. The third-order valence-corrected chi connectivity index (χ3v) is 6.69. The predicted molar refractivity (Wildman–Crippen MR) is 124 cm³/mol. The van der Waals surface area contributed by atoms with E-state index in [0.717, 1.165) is 0 Å². The number of anilines is 2. The summed E-state index contributed by atoms with van der Waals surface area (Å²) in [6, 6.07) is 5.89. The number of hydrogen-bond acceptors (Lipinski definition) is 6. The van der Waals surface area contributed by atoms with Crippen LogP contribution < -0.4 is 15.5 Å². The molecule has 3 aliphatic rings. The molecule has 35 heavy (non-hydrogen) atoms. The number of carbonyl (C=O) groups is 3. The number of rotatable bonds is 4. The first kappa shape index (κ1) is 23.2. The average molecular weight is 483 g/mol. The molecule has 0 saturated carbocycles. The van der Waals surface area contributed by atoms with Crippen LogP contribution in [0.5, 0.6) is 0 Å². The lowest BCUT2D eigenvalue weighted by Gasteiger charge is -2.35.